The predicted molar refractivity (Wildman–Crippen MR) is 92.4 cm³/mol. The molecule has 1 atom stereocenters. The van der Waals surface area contributed by atoms with Crippen LogP contribution in [0.1, 0.15) is 11.6 Å². The van der Waals surface area contributed by atoms with E-state index in [4.69, 9.17) is 0 Å². The normalized spacial score (nSPS) is 12.2. The Labute approximate surface area is 139 Å². The number of anilines is 1. The van der Waals surface area contributed by atoms with Gasteiger partial charge in [0, 0.05) is 11.6 Å². The summed E-state index contributed by atoms with van der Waals surface area (Å²) in [7, 11) is 0. The summed E-state index contributed by atoms with van der Waals surface area (Å²) < 4.78 is 1.80. The molecule has 2 aromatic heterocycles. The SMILES string of the molecule is c1ccc(C(Cn2cncn2)Nc2ncc3ccccc3n2)cc1. The molecule has 0 bridgehead atoms. The maximum absolute atomic E-state index is 4.60. The summed E-state index contributed by atoms with van der Waals surface area (Å²) in [6.45, 7) is 0.639. The monoisotopic (exact) mass is 316 g/mol. The standard InChI is InChI=1S/C18H16N6/c1-2-6-14(7-3-1)17(11-24-13-19-12-21-24)23-18-20-10-15-8-4-5-9-16(15)22-18/h1-10,12-13,17H,11H2,(H,20,22,23). The van der Waals surface area contributed by atoms with E-state index in [1.54, 1.807) is 11.0 Å². The second kappa shape index (κ2) is 6.45. The molecule has 0 amide bonds. The Morgan fingerprint density at radius 3 is 2.67 bits per heavy atom. The van der Waals surface area contributed by atoms with E-state index in [2.05, 4.69) is 37.5 Å². The summed E-state index contributed by atoms with van der Waals surface area (Å²) in [5, 5.41) is 8.64. The fraction of sp³-hybridized carbons (Fsp3) is 0.111. The highest BCUT2D eigenvalue weighted by Gasteiger charge is 2.14. The second-order valence-corrected chi connectivity index (χ2v) is 5.48. The van der Waals surface area contributed by atoms with Crippen molar-refractivity contribution in [2.24, 2.45) is 0 Å². The van der Waals surface area contributed by atoms with E-state index in [-0.39, 0.29) is 6.04 Å². The van der Waals surface area contributed by atoms with Crippen LogP contribution in [-0.2, 0) is 6.54 Å². The van der Waals surface area contributed by atoms with Crippen molar-refractivity contribution >= 4 is 16.9 Å². The van der Waals surface area contributed by atoms with E-state index in [1.165, 1.54) is 6.33 Å². The third-order valence-corrected chi connectivity index (χ3v) is 3.83. The highest BCUT2D eigenvalue weighted by atomic mass is 15.3. The van der Waals surface area contributed by atoms with E-state index in [9.17, 15) is 0 Å². The van der Waals surface area contributed by atoms with Crippen molar-refractivity contribution in [1.82, 2.24) is 24.7 Å². The van der Waals surface area contributed by atoms with Gasteiger partial charge in [0.15, 0.2) is 0 Å². The predicted octanol–water partition coefficient (Wildman–Crippen LogP) is 3.07. The van der Waals surface area contributed by atoms with E-state index < -0.39 is 0 Å². The molecule has 2 aromatic carbocycles. The first-order valence-electron chi connectivity index (χ1n) is 7.74. The number of hydrogen-bond donors (Lipinski definition) is 1. The zero-order valence-electron chi connectivity index (χ0n) is 12.9. The smallest absolute Gasteiger partial charge is 0.223 e. The van der Waals surface area contributed by atoms with Crippen molar-refractivity contribution in [1.29, 1.82) is 0 Å². The molecule has 4 rings (SSSR count). The van der Waals surface area contributed by atoms with Gasteiger partial charge in [0.2, 0.25) is 5.95 Å². The lowest BCUT2D eigenvalue weighted by atomic mass is 10.1. The number of benzene rings is 2. The quantitative estimate of drug-likeness (QED) is 0.613. The molecule has 0 saturated carbocycles. The summed E-state index contributed by atoms with van der Waals surface area (Å²) in [5.74, 6) is 0.600. The number of nitrogens with one attached hydrogen (secondary N) is 1. The van der Waals surface area contributed by atoms with Gasteiger partial charge >= 0.3 is 0 Å². The molecule has 1 N–H and O–H groups in total. The maximum atomic E-state index is 4.60. The molecule has 6 heteroatoms. The highest BCUT2D eigenvalue weighted by Crippen LogP contribution is 2.20. The van der Waals surface area contributed by atoms with Crippen LogP contribution in [0, 0.1) is 0 Å². The first-order valence-corrected chi connectivity index (χ1v) is 7.74. The van der Waals surface area contributed by atoms with E-state index in [0.717, 1.165) is 16.5 Å². The average molecular weight is 316 g/mol. The number of nitrogens with zero attached hydrogens (tertiary/aromatic N) is 5. The van der Waals surface area contributed by atoms with Crippen LogP contribution in [0.3, 0.4) is 0 Å². The summed E-state index contributed by atoms with van der Waals surface area (Å²) in [5.41, 5.74) is 2.06. The summed E-state index contributed by atoms with van der Waals surface area (Å²) in [6.07, 6.45) is 5.08. The zero-order chi connectivity index (χ0) is 16.2. The molecule has 1 unspecified atom stereocenters. The first-order chi connectivity index (χ1) is 11.9. The number of hydrogen-bond acceptors (Lipinski definition) is 5. The Bertz CT molecular complexity index is 921. The van der Waals surface area contributed by atoms with Crippen LogP contribution in [0.5, 0.6) is 0 Å². The van der Waals surface area contributed by atoms with Gasteiger partial charge in [0.1, 0.15) is 12.7 Å². The molecule has 0 spiro atoms. The van der Waals surface area contributed by atoms with Crippen molar-refractivity contribution in [2.45, 2.75) is 12.6 Å². The average Bonchev–Trinajstić information content (AvgIpc) is 3.15. The van der Waals surface area contributed by atoms with Gasteiger partial charge in [0.05, 0.1) is 18.1 Å². The van der Waals surface area contributed by atoms with E-state index in [0.29, 0.717) is 12.5 Å². The van der Waals surface area contributed by atoms with Crippen molar-refractivity contribution in [3.8, 4) is 0 Å². The molecule has 0 aliphatic carbocycles. The Morgan fingerprint density at radius 1 is 1.00 bits per heavy atom. The maximum Gasteiger partial charge on any atom is 0.223 e. The Kier molecular flexibility index (Phi) is 3.85. The van der Waals surface area contributed by atoms with Gasteiger partial charge in [-0.2, -0.15) is 5.10 Å². The minimum atomic E-state index is -0.00550. The van der Waals surface area contributed by atoms with Crippen LogP contribution < -0.4 is 5.32 Å². The molecule has 6 nitrogen and oxygen atoms in total. The Balaban J connectivity index is 1.64. The van der Waals surface area contributed by atoms with Crippen LogP contribution in [0.2, 0.25) is 0 Å². The van der Waals surface area contributed by atoms with Crippen molar-refractivity contribution in [2.75, 3.05) is 5.32 Å². The largest absolute Gasteiger partial charge is 0.346 e. The minimum Gasteiger partial charge on any atom is -0.346 e. The molecule has 24 heavy (non-hydrogen) atoms. The van der Waals surface area contributed by atoms with Gasteiger partial charge in [-0.25, -0.2) is 15.0 Å². The van der Waals surface area contributed by atoms with Crippen LogP contribution >= 0.6 is 0 Å². The first kappa shape index (κ1) is 14.3. The molecule has 4 aromatic rings. The number of rotatable bonds is 5. The minimum absolute atomic E-state index is 0.00550. The lowest BCUT2D eigenvalue weighted by Gasteiger charge is -2.19. The fourth-order valence-corrected chi connectivity index (χ4v) is 2.63. The number of aromatic nitrogens is 5. The van der Waals surface area contributed by atoms with Gasteiger partial charge < -0.3 is 5.32 Å². The van der Waals surface area contributed by atoms with Crippen molar-refractivity contribution in [3.63, 3.8) is 0 Å². The zero-order valence-corrected chi connectivity index (χ0v) is 12.9. The van der Waals surface area contributed by atoms with Gasteiger partial charge in [-0.15, -0.1) is 0 Å². The molecular formula is C18H16N6. The molecule has 118 valence electrons. The molecule has 0 fully saturated rings. The molecule has 0 saturated heterocycles. The topological polar surface area (TPSA) is 68.5 Å². The molecule has 0 radical (unpaired) electrons. The second-order valence-electron chi connectivity index (χ2n) is 5.48. The van der Waals surface area contributed by atoms with Crippen molar-refractivity contribution in [3.05, 3.63) is 79.0 Å². The van der Waals surface area contributed by atoms with Gasteiger partial charge in [-0.1, -0.05) is 48.5 Å². The van der Waals surface area contributed by atoms with Crippen LogP contribution in [-0.4, -0.2) is 24.7 Å². The van der Waals surface area contributed by atoms with Crippen LogP contribution in [0.15, 0.2) is 73.4 Å². The molecule has 0 aliphatic heterocycles. The lowest BCUT2D eigenvalue weighted by Crippen LogP contribution is -2.19. The van der Waals surface area contributed by atoms with E-state index in [1.807, 2.05) is 48.7 Å². The summed E-state index contributed by atoms with van der Waals surface area (Å²) in [4.78, 5) is 13.0. The van der Waals surface area contributed by atoms with Crippen molar-refractivity contribution < 1.29 is 0 Å². The number of fused-ring (bicyclic) bond motifs is 1. The third-order valence-electron chi connectivity index (χ3n) is 3.83. The lowest BCUT2D eigenvalue weighted by molar-refractivity contribution is 0.547. The van der Waals surface area contributed by atoms with Gasteiger partial charge in [0.25, 0.3) is 0 Å². The highest BCUT2D eigenvalue weighted by molar-refractivity contribution is 5.78. The fourth-order valence-electron chi connectivity index (χ4n) is 2.63. The van der Waals surface area contributed by atoms with Gasteiger partial charge in [-0.05, 0) is 11.6 Å². The van der Waals surface area contributed by atoms with Crippen LogP contribution in [0.25, 0.3) is 10.9 Å². The summed E-state index contributed by atoms with van der Waals surface area (Å²) in [6, 6.07) is 18.1. The van der Waals surface area contributed by atoms with E-state index >= 15 is 0 Å². The Morgan fingerprint density at radius 2 is 1.83 bits per heavy atom. The molecule has 0 aliphatic rings. The third kappa shape index (κ3) is 3.08. The number of para-hydroxylation sites is 1. The molecular weight excluding hydrogens is 300 g/mol. The molecule has 2 heterocycles. The van der Waals surface area contributed by atoms with Crippen LogP contribution in [0.4, 0.5) is 5.95 Å². The van der Waals surface area contributed by atoms with Gasteiger partial charge in [-0.3, -0.25) is 4.68 Å². The Hall–Kier alpha value is -3.28. The summed E-state index contributed by atoms with van der Waals surface area (Å²) >= 11 is 0.